The molecule has 2 aromatic carbocycles. The van der Waals surface area contributed by atoms with Gasteiger partial charge in [-0.2, -0.15) is 0 Å². The Bertz CT molecular complexity index is 608. The molecule has 0 radical (unpaired) electrons. The molecule has 0 aliphatic heterocycles. The summed E-state index contributed by atoms with van der Waals surface area (Å²) in [6.45, 7) is -2.27. The van der Waals surface area contributed by atoms with Crippen LogP contribution in [0.3, 0.4) is 0 Å². The molecule has 0 atom stereocenters. The highest BCUT2D eigenvalue weighted by atomic mass is 35.5. The van der Waals surface area contributed by atoms with Crippen molar-refractivity contribution in [1.29, 1.82) is 0 Å². The Morgan fingerprint density at radius 3 is 1.95 bits per heavy atom. The van der Waals surface area contributed by atoms with Gasteiger partial charge in [0.15, 0.2) is 0 Å². The molecule has 20 heavy (non-hydrogen) atoms. The summed E-state index contributed by atoms with van der Waals surface area (Å²) >= 11 is 11.2. The van der Waals surface area contributed by atoms with Crippen LogP contribution in [0.15, 0.2) is 48.5 Å². The highest BCUT2D eigenvalue weighted by molar-refractivity contribution is 6.30. The van der Waals surface area contributed by atoms with E-state index >= 15 is 0 Å². The fourth-order valence-electron chi connectivity index (χ4n) is 1.23. The van der Waals surface area contributed by atoms with Crippen LogP contribution in [0.1, 0.15) is 18.7 Å². The van der Waals surface area contributed by atoms with Crippen molar-refractivity contribution in [2.45, 2.75) is 6.56 Å². The van der Waals surface area contributed by atoms with Crippen LogP contribution in [0.5, 0.6) is 0 Å². The third-order valence-electron chi connectivity index (χ3n) is 2.24. The molecule has 106 valence electrons. The van der Waals surface area contributed by atoms with Gasteiger partial charge in [0.1, 0.15) is 0 Å². The van der Waals surface area contributed by atoms with Gasteiger partial charge in [-0.25, -0.2) is 4.79 Å². The largest absolute Gasteiger partial charge is 0.465 e. The first-order chi connectivity index (χ1) is 10.2. The molecule has 0 saturated carbocycles. The number of hydrogen-bond acceptors (Lipinski definition) is 3. The molecule has 0 aliphatic carbocycles. The van der Waals surface area contributed by atoms with Gasteiger partial charge in [-0.1, -0.05) is 35.3 Å². The third-order valence-corrected chi connectivity index (χ3v) is 2.74. The van der Waals surface area contributed by atoms with Crippen LogP contribution in [0.4, 0.5) is 0 Å². The van der Waals surface area contributed by atoms with Gasteiger partial charge in [-0.05, 0) is 42.0 Å². The number of ether oxygens (including phenoxy) is 1. The molecule has 0 heterocycles. The lowest BCUT2D eigenvalue weighted by Gasteiger charge is -1.97. The van der Waals surface area contributed by atoms with Crippen molar-refractivity contribution in [3.05, 3.63) is 69.7 Å². The Kier molecular flexibility index (Phi) is 5.77. The Morgan fingerprint density at radius 1 is 1.10 bits per heavy atom. The lowest BCUT2D eigenvalue weighted by atomic mass is 10.2. The van der Waals surface area contributed by atoms with Crippen LogP contribution in [0, 0.1) is 0 Å². The summed E-state index contributed by atoms with van der Waals surface area (Å²) < 4.78 is 18.3. The van der Waals surface area contributed by atoms with E-state index in [1.807, 2.05) is 0 Å². The van der Waals surface area contributed by atoms with Crippen molar-refractivity contribution in [3.63, 3.8) is 0 Å². The van der Waals surface area contributed by atoms with Gasteiger partial charge in [0.25, 0.3) is 0 Å². The van der Waals surface area contributed by atoms with E-state index in [0.717, 1.165) is 0 Å². The monoisotopic (exact) mass is 314 g/mol. The number of methoxy groups -OCH3 is 1. The molecular formula is C15H14Cl2O3. The van der Waals surface area contributed by atoms with E-state index in [0.29, 0.717) is 15.6 Å². The summed E-state index contributed by atoms with van der Waals surface area (Å²) in [5, 5.41) is 10.0. The topological polar surface area (TPSA) is 46.5 Å². The van der Waals surface area contributed by atoms with Crippen LogP contribution >= 0.6 is 23.2 Å². The highest BCUT2D eigenvalue weighted by Crippen LogP contribution is 2.10. The van der Waals surface area contributed by atoms with E-state index in [1.54, 1.807) is 24.3 Å². The molecular weight excluding hydrogens is 299 g/mol. The standard InChI is InChI=1S/C8H7ClO2.C7H7ClO/c1-11-8(10)6-2-4-7(9)5-3-6;8-7-3-1-6(5-9)2-4-7/h2-5H,1H3;1-4,9H,5H2/i;5D2. The Hall–Kier alpha value is -1.55. The van der Waals surface area contributed by atoms with E-state index in [9.17, 15) is 4.79 Å². The maximum Gasteiger partial charge on any atom is 0.337 e. The summed E-state index contributed by atoms with van der Waals surface area (Å²) in [6.07, 6.45) is 0. The van der Waals surface area contributed by atoms with Crippen LogP contribution in [-0.2, 0) is 11.3 Å². The predicted molar refractivity (Wildman–Crippen MR) is 80.2 cm³/mol. The molecule has 0 amide bonds. The summed E-state index contributed by atoms with van der Waals surface area (Å²) in [4.78, 5) is 10.9. The molecule has 0 bridgehead atoms. The molecule has 0 saturated heterocycles. The number of hydrogen-bond donors (Lipinski definition) is 1. The number of aliphatic hydroxyl groups is 1. The second-order valence-corrected chi connectivity index (χ2v) is 4.49. The maximum atomic E-state index is 10.9. The van der Waals surface area contributed by atoms with Crippen molar-refractivity contribution >= 4 is 29.2 Å². The van der Waals surface area contributed by atoms with Crippen LogP contribution < -0.4 is 0 Å². The van der Waals surface area contributed by atoms with Crippen LogP contribution in [0.25, 0.3) is 0 Å². The first-order valence-electron chi connectivity index (χ1n) is 6.56. The molecule has 1 N–H and O–H groups in total. The van der Waals surface area contributed by atoms with Crippen molar-refractivity contribution < 1.29 is 17.4 Å². The minimum Gasteiger partial charge on any atom is -0.465 e. The van der Waals surface area contributed by atoms with Gasteiger partial charge in [0.05, 0.1) is 22.0 Å². The molecule has 0 unspecified atom stereocenters. The minimum atomic E-state index is -2.27. The number of esters is 1. The molecule has 3 nitrogen and oxygen atoms in total. The Balaban J connectivity index is 0.000000220. The van der Waals surface area contributed by atoms with Crippen molar-refractivity contribution in [2.24, 2.45) is 0 Å². The quantitative estimate of drug-likeness (QED) is 0.853. The second-order valence-electron chi connectivity index (χ2n) is 3.62. The lowest BCUT2D eigenvalue weighted by molar-refractivity contribution is 0.0601. The number of benzene rings is 2. The zero-order valence-electron chi connectivity index (χ0n) is 12.6. The van der Waals surface area contributed by atoms with E-state index in [4.69, 9.17) is 31.0 Å². The summed E-state index contributed by atoms with van der Waals surface area (Å²) in [6, 6.07) is 12.5. The summed E-state index contributed by atoms with van der Waals surface area (Å²) in [7, 11) is 1.34. The van der Waals surface area contributed by atoms with Crippen molar-refractivity contribution in [1.82, 2.24) is 0 Å². The van der Waals surface area contributed by atoms with Crippen molar-refractivity contribution in [3.8, 4) is 0 Å². The number of halogens is 2. The first-order valence-corrected chi connectivity index (χ1v) is 6.32. The Morgan fingerprint density at radius 2 is 1.55 bits per heavy atom. The number of carbonyl (C=O) groups excluding carboxylic acids is 1. The normalized spacial score (nSPS) is 11.6. The average Bonchev–Trinajstić information content (AvgIpc) is 2.47. The van der Waals surface area contributed by atoms with Gasteiger partial charge < -0.3 is 9.84 Å². The predicted octanol–water partition coefficient (Wildman–Crippen LogP) is 3.96. The minimum absolute atomic E-state index is 0.210. The first kappa shape index (κ1) is 13.4. The smallest absolute Gasteiger partial charge is 0.337 e. The van der Waals surface area contributed by atoms with Gasteiger partial charge in [0.2, 0.25) is 0 Å². The zero-order chi connectivity index (χ0) is 16.8. The fourth-order valence-corrected chi connectivity index (χ4v) is 1.48. The average molecular weight is 315 g/mol. The van der Waals surface area contributed by atoms with E-state index in [1.165, 1.54) is 31.4 Å². The SMILES string of the molecule is COC(=O)c1ccc(Cl)cc1.[2H]C([2H])(O)c1ccc(Cl)cc1. The fraction of sp³-hybridized carbons (Fsp3) is 0.133. The van der Waals surface area contributed by atoms with Gasteiger partial charge in [-0.3, -0.25) is 0 Å². The second kappa shape index (κ2) is 8.59. The molecule has 5 heteroatoms. The molecule has 2 rings (SSSR count). The molecule has 0 aliphatic rings. The highest BCUT2D eigenvalue weighted by Gasteiger charge is 2.02. The van der Waals surface area contributed by atoms with Gasteiger partial charge in [-0.15, -0.1) is 0 Å². The lowest BCUT2D eigenvalue weighted by Crippen LogP contribution is -1.99. The van der Waals surface area contributed by atoms with Gasteiger partial charge in [0, 0.05) is 10.0 Å². The van der Waals surface area contributed by atoms with Crippen LogP contribution in [0.2, 0.25) is 10.0 Å². The maximum absolute atomic E-state index is 10.9. The van der Waals surface area contributed by atoms with E-state index in [-0.39, 0.29) is 11.5 Å². The Labute approximate surface area is 130 Å². The van der Waals surface area contributed by atoms with Crippen molar-refractivity contribution in [2.75, 3.05) is 7.11 Å². The molecule has 0 spiro atoms. The summed E-state index contributed by atoms with van der Waals surface area (Å²) in [5.41, 5.74) is 0.721. The van der Waals surface area contributed by atoms with Gasteiger partial charge >= 0.3 is 5.97 Å². The zero-order valence-corrected chi connectivity index (χ0v) is 12.2. The number of rotatable bonds is 2. The number of carbonyl (C=O) groups is 1. The molecule has 0 fully saturated rings. The summed E-state index contributed by atoms with van der Waals surface area (Å²) in [5.74, 6) is -0.346. The van der Waals surface area contributed by atoms with E-state index in [2.05, 4.69) is 4.74 Å². The molecule has 0 aromatic heterocycles. The van der Waals surface area contributed by atoms with Crippen LogP contribution in [-0.4, -0.2) is 18.2 Å². The molecule has 2 aromatic rings. The van der Waals surface area contributed by atoms with E-state index < -0.39 is 6.56 Å². The third kappa shape index (κ3) is 5.61.